The molecule has 0 atom stereocenters. The molecule has 0 aromatic heterocycles. The second-order valence-corrected chi connectivity index (χ2v) is 6.62. The van der Waals surface area contributed by atoms with Gasteiger partial charge in [-0.15, -0.1) is 0 Å². The van der Waals surface area contributed by atoms with Gasteiger partial charge >= 0.3 is 0 Å². The molecule has 0 aliphatic rings. The van der Waals surface area contributed by atoms with Crippen LogP contribution in [0.25, 0.3) is 0 Å². The molecule has 0 spiro atoms. The highest BCUT2D eigenvalue weighted by atomic mass is 35.5. The summed E-state index contributed by atoms with van der Waals surface area (Å²) in [7, 11) is -3.24. The Morgan fingerprint density at radius 2 is 1.70 bits per heavy atom. The Morgan fingerprint density at radius 1 is 1.05 bits per heavy atom. The lowest BCUT2D eigenvalue weighted by atomic mass is 10.2. The van der Waals surface area contributed by atoms with Crippen LogP contribution in [0.1, 0.15) is 5.56 Å². The topological polar surface area (TPSA) is 58.2 Å². The zero-order valence-corrected chi connectivity index (χ0v) is 12.5. The molecule has 0 aliphatic heterocycles. The van der Waals surface area contributed by atoms with Crippen molar-refractivity contribution in [3.63, 3.8) is 0 Å². The van der Waals surface area contributed by atoms with Gasteiger partial charge in [-0.3, -0.25) is 4.72 Å². The summed E-state index contributed by atoms with van der Waals surface area (Å²) in [6, 6.07) is 14.7. The number of nitrogens with one attached hydrogen (secondary N) is 2. The largest absolute Gasteiger partial charge is 0.381 e. The summed E-state index contributed by atoms with van der Waals surface area (Å²) in [5, 5.41) is 3.95. The van der Waals surface area contributed by atoms with Crippen LogP contribution >= 0.6 is 11.6 Å². The minimum Gasteiger partial charge on any atom is -0.381 e. The summed E-state index contributed by atoms with van der Waals surface area (Å²) in [6.07, 6.45) is 1.12. The van der Waals surface area contributed by atoms with E-state index in [2.05, 4.69) is 10.0 Å². The molecule has 0 saturated heterocycles. The summed E-state index contributed by atoms with van der Waals surface area (Å²) in [6.45, 7) is 0.652. The van der Waals surface area contributed by atoms with E-state index in [4.69, 9.17) is 11.6 Å². The van der Waals surface area contributed by atoms with Crippen LogP contribution in [0.15, 0.2) is 48.5 Å². The van der Waals surface area contributed by atoms with Crippen LogP contribution in [0.3, 0.4) is 0 Å². The zero-order chi connectivity index (χ0) is 14.6. The van der Waals surface area contributed by atoms with Crippen molar-refractivity contribution < 1.29 is 8.42 Å². The molecule has 0 amide bonds. The van der Waals surface area contributed by atoms with E-state index in [1.165, 1.54) is 0 Å². The van der Waals surface area contributed by atoms with Crippen LogP contribution < -0.4 is 10.0 Å². The highest BCUT2D eigenvalue weighted by molar-refractivity contribution is 7.92. The predicted octanol–water partition coefficient (Wildman–Crippen LogP) is 3.32. The highest BCUT2D eigenvalue weighted by Gasteiger charge is 2.01. The first kappa shape index (κ1) is 14.7. The Bertz CT molecular complexity index is 685. The number of halogens is 1. The van der Waals surface area contributed by atoms with Gasteiger partial charge in [0.1, 0.15) is 0 Å². The van der Waals surface area contributed by atoms with Gasteiger partial charge in [0.2, 0.25) is 10.0 Å². The molecule has 0 aliphatic carbocycles. The van der Waals surface area contributed by atoms with E-state index in [-0.39, 0.29) is 0 Å². The zero-order valence-electron chi connectivity index (χ0n) is 10.9. The maximum atomic E-state index is 11.1. The van der Waals surface area contributed by atoms with Crippen molar-refractivity contribution in [3.05, 3.63) is 59.1 Å². The highest BCUT2D eigenvalue weighted by Crippen LogP contribution is 2.16. The Kier molecular flexibility index (Phi) is 4.52. The fraction of sp³-hybridized carbons (Fsp3) is 0.143. The number of sulfonamides is 1. The molecule has 0 heterocycles. The standard InChI is InChI=1S/C14H15ClN2O2S/c1-20(18,19)17-14-7-5-13(6-8-14)16-10-11-3-2-4-12(15)9-11/h2-9,16-17H,10H2,1H3. The second kappa shape index (κ2) is 6.15. The molecule has 0 unspecified atom stereocenters. The normalized spacial score (nSPS) is 11.1. The number of anilines is 2. The summed E-state index contributed by atoms with van der Waals surface area (Å²) >= 11 is 5.92. The van der Waals surface area contributed by atoms with Crippen molar-refractivity contribution in [1.29, 1.82) is 0 Å². The van der Waals surface area contributed by atoms with E-state index in [0.717, 1.165) is 17.5 Å². The van der Waals surface area contributed by atoms with Crippen LogP contribution in [-0.4, -0.2) is 14.7 Å². The molecule has 2 N–H and O–H groups in total. The van der Waals surface area contributed by atoms with Gasteiger partial charge in [0.25, 0.3) is 0 Å². The van der Waals surface area contributed by atoms with E-state index < -0.39 is 10.0 Å². The maximum Gasteiger partial charge on any atom is 0.229 e. The van der Waals surface area contributed by atoms with E-state index in [1.54, 1.807) is 12.1 Å². The quantitative estimate of drug-likeness (QED) is 0.890. The monoisotopic (exact) mass is 310 g/mol. The Labute approximate surface area is 123 Å². The molecule has 4 nitrogen and oxygen atoms in total. The smallest absolute Gasteiger partial charge is 0.229 e. The first-order chi connectivity index (χ1) is 9.42. The maximum absolute atomic E-state index is 11.1. The first-order valence-electron chi connectivity index (χ1n) is 5.98. The molecule has 2 aromatic rings. The van der Waals surface area contributed by atoms with Crippen LogP contribution in [0.2, 0.25) is 5.02 Å². The first-order valence-corrected chi connectivity index (χ1v) is 8.25. The molecule has 2 aromatic carbocycles. The van der Waals surface area contributed by atoms with Gasteiger partial charge in [0.05, 0.1) is 6.26 Å². The van der Waals surface area contributed by atoms with Crippen LogP contribution in [0.4, 0.5) is 11.4 Å². The number of benzene rings is 2. The van der Waals surface area contributed by atoms with Gasteiger partial charge in [0.15, 0.2) is 0 Å². The fourth-order valence-corrected chi connectivity index (χ4v) is 2.50. The third-order valence-electron chi connectivity index (χ3n) is 2.57. The van der Waals surface area contributed by atoms with Gasteiger partial charge < -0.3 is 5.32 Å². The average Bonchev–Trinajstić information content (AvgIpc) is 2.36. The van der Waals surface area contributed by atoms with Crippen molar-refractivity contribution in [2.75, 3.05) is 16.3 Å². The number of hydrogen-bond donors (Lipinski definition) is 2. The van der Waals surface area contributed by atoms with Gasteiger partial charge in [-0.05, 0) is 42.0 Å². The van der Waals surface area contributed by atoms with Crippen LogP contribution in [0.5, 0.6) is 0 Å². The number of rotatable bonds is 5. The molecule has 2 rings (SSSR count). The summed E-state index contributed by atoms with van der Waals surface area (Å²) < 4.78 is 24.6. The molecule has 20 heavy (non-hydrogen) atoms. The SMILES string of the molecule is CS(=O)(=O)Nc1ccc(NCc2cccc(Cl)c2)cc1. The lowest BCUT2D eigenvalue weighted by Crippen LogP contribution is -2.09. The molecule has 0 bridgehead atoms. The minimum atomic E-state index is -3.24. The van der Waals surface area contributed by atoms with Crippen molar-refractivity contribution in [1.82, 2.24) is 0 Å². The van der Waals surface area contributed by atoms with Gasteiger partial charge in [-0.25, -0.2) is 8.42 Å². The number of hydrogen-bond acceptors (Lipinski definition) is 3. The van der Waals surface area contributed by atoms with Crippen molar-refractivity contribution >= 4 is 33.0 Å². The summed E-state index contributed by atoms with van der Waals surface area (Å²) in [5.41, 5.74) is 2.53. The Morgan fingerprint density at radius 3 is 2.30 bits per heavy atom. The molecule has 106 valence electrons. The van der Waals surface area contributed by atoms with Gasteiger partial charge in [0, 0.05) is 22.9 Å². The summed E-state index contributed by atoms with van der Waals surface area (Å²) in [4.78, 5) is 0. The summed E-state index contributed by atoms with van der Waals surface area (Å²) in [5.74, 6) is 0. The van der Waals surface area contributed by atoms with E-state index in [9.17, 15) is 8.42 Å². The van der Waals surface area contributed by atoms with Gasteiger partial charge in [-0.2, -0.15) is 0 Å². The third-order valence-corrected chi connectivity index (χ3v) is 3.42. The van der Waals surface area contributed by atoms with Crippen LogP contribution in [0, 0.1) is 0 Å². The second-order valence-electron chi connectivity index (χ2n) is 4.44. The van der Waals surface area contributed by atoms with Crippen molar-refractivity contribution in [3.8, 4) is 0 Å². The third kappa shape index (κ3) is 4.75. The Hall–Kier alpha value is -1.72. The Balaban J connectivity index is 1.97. The van der Waals surface area contributed by atoms with Gasteiger partial charge in [-0.1, -0.05) is 23.7 Å². The van der Waals surface area contributed by atoms with Crippen molar-refractivity contribution in [2.45, 2.75) is 6.54 Å². The lowest BCUT2D eigenvalue weighted by Gasteiger charge is -2.08. The molecule has 6 heteroatoms. The molecule has 0 fully saturated rings. The molecular weight excluding hydrogens is 296 g/mol. The van der Waals surface area contributed by atoms with E-state index >= 15 is 0 Å². The average molecular weight is 311 g/mol. The van der Waals surface area contributed by atoms with E-state index in [0.29, 0.717) is 17.3 Å². The lowest BCUT2D eigenvalue weighted by molar-refractivity contribution is 0.607. The predicted molar refractivity (Wildman–Crippen MR) is 83.7 cm³/mol. The molecule has 0 radical (unpaired) electrons. The minimum absolute atomic E-state index is 0.542. The fourth-order valence-electron chi connectivity index (χ4n) is 1.72. The van der Waals surface area contributed by atoms with E-state index in [1.807, 2.05) is 36.4 Å². The van der Waals surface area contributed by atoms with Crippen LogP contribution in [-0.2, 0) is 16.6 Å². The molecular formula is C14H15ClN2O2S. The van der Waals surface area contributed by atoms with Crippen molar-refractivity contribution in [2.24, 2.45) is 0 Å². The molecule has 0 saturated carbocycles.